The molecule has 0 atom stereocenters. The van der Waals surface area contributed by atoms with Crippen molar-refractivity contribution in [3.8, 4) is 11.5 Å². The molecule has 0 amide bonds. The monoisotopic (exact) mass is 275 g/mol. The zero-order valence-corrected chi connectivity index (χ0v) is 13.1. The SMILES string of the molecule is CC[Si](C#Cc1ccc(C(=O)OC)nc1)(CC)CC. The van der Waals surface area contributed by atoms with Crippen molar-refractivity contribution in [2.75, 3.05) is 7.11 Å². The Balaban J connectivity index is 2.92. The van der Waals surface area contributed by atoms with E-state index >= 15 is 0 Å². The molecule has 19 heavy (non-hydrogen) atoms. The van der Waals surface area contributed by atoms with Gasteiger partial charge in [0.1, 0.15) is 13.8 Å². The molecule has 0 N–H and O–H groups in total. The Morgan fingerprint density at radius 1 is 1.26 bits per heavy atom. The molecular weight excluding hydrogens is 254 g/mol. The van der Waals surface area contributed by atoms with Crippen LogP contribution in [0.1, 0.15) is 36.8 Å². The smallest absolute Gasteiger partial charge is 0.356 e. The Labute approximate surface area is 116 Å². The predicted molar refractivity (Wildman–Crippen MR) is 79.7 cm³/mol. The molecule has 102 valence electrons. The molecule has 0 radical (unpaired) electrons. The number of pyridine rings is 1. The molecule has 0 spiro atoms. The highest BCUT2D eigenvalue weighted by Crippen LogP contribution is 2.18. The maximum atomic E-state index is 11.3. The van der Waals surface area contributed by atoms with Crippen LogP contribution in [0.15, 0.2) is 18.3 Å². The number of nitrogens with zero attached hydrogens (tertiary/aromatic N) is 1. The molecule has 0 bridgehead atoms. The van der Waals surface area contributed by atoms with E-state index in [2.05, 4.69) is 42.0 Å². The number of ether oxygens (including phenoxy) is 1. The zero-order chi connectivity index (χ0) is 14.3. The topological polar surface area (TPSA) is 39.2 Å². The van der Waals surface area contributed by atoms with Crippen molar-refractivity contribution in [2.24, 2.45) is 0 Å². The van der Waals surface area contributed by atoms with E-state index in [0.717, 1.165) is 5.56 Å². The van der Waals surface area contributed by atoms with Crippen LogP contribution in [0.4, 0.5) is 0 Å². The van der Waals surface area contributed by atoms with Crippen LogP contribution < -0.4 is 0 Å². The standard InChI is InChI=1S/C15H21NO2Si/c1-5-19(6-2,7-3)11-10-13-8-9-14(16-12-13)15(17)18-4/h8-9,12H,5-7H2,1-4H3. The van der Waals surface area contributed by atoms with Crippen LogP contribution in [0.3, 0.4) is 0 Å². The van der Waals surface area contributed by atoms with E-state index in [1.807, 2.05) is 6.07 Å². The van der Waals surface area contributed by atoms with Gasteiger partial charge in [0.15, 0.2) is 0 Å². The summed E-state index contributed by atoms with van der Waals surface area (Å²) in [6.45, 7) is 6.69. The van der Waals surface area contributed by atoms with Gasteiger partial charge in [0.25, 0.3) is 0 Å². The van der Waals surface area contributed by atoms with Crippen LogP contribution in [-0.4, -0.2) is 26.1 Å². The van der Waals surface area contributed by atoms with E-state index in [0.29, 0.717) is 5.69 Å². The second-order valence-corrected chi connectivity index (χ2v) is 9.45. The van der Waals surface area contributed by atoms with E-state index in [4.69, 9.17) is 0 Å². The Bertz CT molecular complexity index is 473. The third kappa shape index (κ3) is 3.93. The van der Waals surface area contributed by atoms with Gasteiger partial charge in [-0.05, 0) is 30.3 Å². The summed E-state index contributed by atoms with van der Waals surface area (Å²) in [6.07, 6.45) is 1.64. The number of esters is 1. The van der Waals surface area contributed by atoms with Gasteiger partial charge in [-0.15, -0.1) is 5.54 Å². The van der Waals surface area contributed by atoms with Gasteiger partial charge in [0.2, 0.25) is 0 Å². The molecule has 4 heteroatoms. The number of hydrogen-bond donors (Lipinski definition) is 0. The number of carbonyl (C=O) groups is 1. The quantitative estimate of drug-likeness (QED) is 0.481. The van der Waals surface area contributed by atoms with Crippen molar-refractivity contribution in [1.29, 1.82) is 0 Å². The molecule has 0 unspecified atom stereocenters. The van der Waals surface area contributed by atoms with Crippen molar-refractivity contribution >= 4 is 14.0 Å². The maximum Gasteiger partial charge on any atom is 0.356 e. The second-order valence-electron chi connectivity index (χ2n) is 4.51. The lowest BCUT2D eigenvalue weighted by molar-refractivity contribution is 0.0594. The van der Waals surface area contributed by atoms with Crippen molar-refractivity contribution in [1.82, 2.24) is 4.98 Å². The van der Waals surface area contributed by atoms with E-state index in [9.17, 15) is 4.79 Å². The van der Waals surface area contributed by atoms with Crippen molar-refractivity contribution in [3.05, 3.63) is 29.6 Å². The summed E-state index contributed by atoms with van der Waals surface area (Å²) in [5, 5.41) is 0. The molecule has 1 rings (SSSR count). The van der Waals surface area contributed by atoms with E-state index in [1.54, 1.807) is 12.3 Å². The van der Waals surface area contributed by atoms with Gasteiger partial charge in [0.05, 0.1) is 7.11 Å². The van der Waals surface area contributed by atoms with Crippen LogP contribution in [0.2, 0.25) is 18.1 Å². The van der Waals surface area contributed by atoms with Gasteiger partial charge in [-0.1, -0.05) is 26.7 Å². The van der Waals surface area contributed by atoms with Crippen LogP contribution in [0.25, 0.3) is 0 Å². The maximum absolute atomic E-state index is 11.3. The number of aromatic nitrogens is 1. The minimum Gasteiger partial charge on any atom is -0.464 e. The summed E-state index contributed by atoms with van der Waals surface area (Å²) in [6, 6.07) is 7.03. The Hall–Kier alpha value is -1.60. The summed E-state index contributed by atoms with van der Waals surface area (Å²) >= 11 is 0. The third-order valence-corrected chi connectivity index (χ3v) is 8.38. The first-order valence-electron chi connectivity index (χ1n) is 6.68. The van der Waals surface area contributed by atoms with Crippen molar-refractivity contribution in [2.45, 2.75) is 38.9 Å². The Kier molecular flexibility index (Phi) is 5.78. The fourth-order valence-electron chi connectivity index (χ4n) is 1.91. The predicted octanol–water partition coefficient (Wildman–Crippen LogP) is 3.27. The molecule has 1 aromatic rings. The lowest BCUT2D eigenvalue weighted by atomic mass is 10.2. The van der Waals surface area contributed by atoms with Crippen molar-refractivity contribution in [3.63, 3.8) is 0 Å². The van der Waals surface area contributed by atoms with Crippen LogP contribution >= 0.6 is 0 Å². The Morgan fingerprint density at radius 3 is 2.32 bits per heavy atom. The summed E-state index contributed by atoms with van der Waals surface area (Å²) in [4.78, 5) is 15.3. The second kappa shape index (κ2) is 7.10. The summed E-state index contributed by atoms with van der Waals surface area (Å²) in [7, 11) is -0.0744. The highest BCUT2D eigenvalue weighted by Gasteiger charge is 2.24. The number of hydrogen-bond acceptors (Lipinski definition) is 3. The molecule has 0 aliphatic heterocycles. The fraction of sp³-hybridized carbons (Fsp3) is 0.467. The van der Waals surface area contributed by atoms with E-state index in [-0.39, 0.29) is 0 Å². The molecule has 1 heterocycles. The average Bonchev–Trinajstić information content (AvgIpc) is 2.49. The minimum atomic E-state index is -1.42. The molecule has 0 aliphatic rings. The highest BCUT2D eigenvalue weighted by atomic mass is 28.3. The normalized spacial score (nSPS) is 10.5. The summed E-state index contributed by atoms with van der Waals surface area (Å²) in [5.74, 6) is 2.80. The lowest BCUT2D eigenvalue weighted by Crippen LogP contribution is -2.29. The van der Waals surface area contributed by atoms with Gasteiger partial charge < -0.3 is 4.74 Å². The summed E-state index contributed by atoms with van der Waals surface area (Å²) < 4.78 is 4.61. The first kappa shape index (κ1) is 15.5. The van der Waals surface area contributed by atoms with E-state index < -0.39 is 14.0 Å². The third-order valence-electron chi connectivity index (χ3n) is 3.66. The molecule has 0 saturated heterocycles. The molecular formula is C15H21NO2Si. The molecule has 3 nitrogen and oxygen atoms in total. The highest BCUT2D eigenvalue weighted by molar-refractivity contribution is 6.87. The number of carbonyl (C=O) groups excluding carboxylic acids is 1. The molecule has 1 aromatic heterocycles. The van der Waals surface area contributed by atoms with Gasteiger partial charge in [-0.25, -0.2) is 9.78 Å². The first-order valence-corrected chi connectivity index (χ1v) is 9.30. The Morgan fingerprint density at radius 2 is 1.89 bits per heavy atom. The van der Waals surface area contributed by atoms with Crippen molar-refractivity contribution < 1.29 is 9.53 Å². The largest absolute Gasteiger partial charge is 0.464 e. The summed E-state index contributed by atoms with van der Waals surface area (Å²) in [5.41, 5.74) is 4.67. The number of methoxy groups -OCH3 is 1. The zero-order valence-electron chi connectivity index (χ0n) is 12.1. The van der Waals surface area contributed by atoms with Gasteiger partial charge in [0, 0.05) is 11.8 Å². The number of rotatable bonds is 4. The minimum absolute atomic E-state index is 0.318. The molecule has 0 aromatic carbocycles. The van der Waals surface area contributed by atoms with E-state index in [1.165, 1.54) is 25.2 Å². The van der Waals surface area contributed by atoms with Crippen LogP contribution in [-0.2, 0) is 4.74 Å². The fourth-order valence-corrected chi connectivity index (χ4v) is 4.35. The van der Waals surface area contributed by atoms with Gasteiger partial charge in [-0.2, -0.15) is 0 Å². The lowest BCUT2D eigenvalue weighted by Gasteiger charge is -2.19. The molecule has 0 saturated carbocycles. The first-order chi connectivity index (χ1) is 9.10. The van der Waals surface area contributed by atoms with Gasteiger partial charge in [-0.3, -0.25) is 0 Å². The molecule has 0 aliphatic carbocycles. The van der Waals surface area contributed by atoms with Crippen LogP contribution in [0.5, 0.6) is 0 Å². The molecule has 0 fully saturated rings. The van der Waals surface area contributed by atoms with Crippen LogP contribution in [0, 0.1) is 11.5 Å². The average molecular weight is 275 g/mol. The van der Waals surface area contributed by atoms with Gasteiger partial charge >= 0.3 is 5.97 Å².